The number of benzene rings is 1. The predicted molar refractivity (Wildman–Crippen MR) is 89.5 cm³/mol. The minimum absolute atomic E-state index is 0.0702. The first-order valence-corrected chi connectivity index (χ1v) is 8.57. The third-order valence-corrected chi connectivity index (χ3v) is 5.24. The van der Waals surface area contributed by atoms with Gasteiger partial charge < -0.3 is 9.88 Å². The number of carbonyl (C=O) groups excluding carboxylic acids is 1. The molecule has 0 saturated heterocycles. The van der Waals surface area contributed by atoms with E-state index in [2.05, 4.69) is 21.1 Å². The van der Waals surface area contributed by atoms with Crippen LogP contribution in [0.1, 0.15) is 35.8 Å². The number of hydrogen-bond donors (Lipinski definition) is 1. The van der Waals surface area contributed by atoms with Crippen molar-refractivity contribution in [3.8, 4) is 0 Å². The summed E-state index contributed by atoms with van der Waals surface area (Å²) in [6.45, 7) is 2.84. The van der Waals surface area contributed by atoms with Crippen LogP contribution >= 0.6 is 11.6 Å². The fourth-order valence-electron chi connectivity index (χ4n) is 3.62. The number of aryl methyl sites for hydroxylation is 2. The molecule has 1 aliphatic heterocycles. The SMILES string of the molecule is Cc1cn2c(n1)CCC(NC(=O)C1CC1c1ccccc1Cl)C2. The molecule has 1 aromatic carbocycles. The molecule has 0 radical (unpaired) electrons. The van der Waals surface area contributed by atoms with Crippen LogP contribution in [0.5, 0.6) is 0 Å². The van der Waals surface area contributed by atoms with Crippen molar-refractivity contribution in [2.75, 3.05) is 0 Å². The highest BCUT2D eigenvalue weighted by Crippen LogP contribution is 2.49. The Morgan fingerprint density at radius 3 is 3.04 bits per heavy atom. The number of halogens is 1. The maximum absolute atomic E-state index is 12.5. The average Bonchev–Trinajstić information content (AvgIpc) is 3.23. The molecule has 4 nitrogen and oxygen atoms in total. The van der Waals surface area contributed by atoms with Gasteiger partial charge in [-0.1, -0.05) is 29.8 Å². The number of hydrogen-bond acceptors (Lipinski definition) is 2. The smallest absolute Gasteiger partial charge is 0.224 e. The monoisotopic (exact) mass is 329 g/mol. The van der Waals surface area contributed by atoms with Gasteiger partial charge in [0.25, 0.3) is 0 Å². The van der Waals surface area contributed by atoms with Gasteiger partial charge in [-0.2, -0.15) is 0 Å². The lowest BCUT2D eigenvalue weighted by Crippen LogP contribution is -2.41. The average molecular weight is 330 g/mol. The number of imidazole rings is 1. The Kier molecular flexibility index (Phi) is 3.64. The molecule has 2 heterocycles. The van der Waals surface area contributed by atoms with Gasteiger partial charge in [0.15, 0.2) is 0 Å². The first kappa shape index (κ1) is 14.8. The molecule has 3 unspecified atom stereocenters. The second-order valence-electron chi connectivity index (χ2n) is 6.67. The zero-order valence-electron chi connectivity index (χ0n) is 13.1. The van der Waals surface area contributed by atoms with E-state index in [1.165, 1.54) is 0 Å². The van der Waals surface area contributed by atoms with Crippen LogP contribution in [0.15, 0.2) is 30.5 Å². The van der Waals surface area contributed by atoms with Gasteiger partial charge >= 0.3 is 0 Å². The quantitative estimate of drug-likeness (QED) is 0.940. The summed E-state index contributed by atoms with van der Waals surface area (Å²) in [5, 5.41) is 3.99. The molecule has 2 aromatic rings. The molecule has 3 atom stereocenters. The van der Waals surface area contributed by atoms with Crippen molar-refractivity contribution < 1.29 is 4.79 Å². The summed E-state index contributed by atoms with van der Waals surface area (Å²) in [5.41, 5.74) is 2.15. The molecule has 1 aromatic heterocycles. The van der Waals surface area contributed by atoms with Crippen LogP contribution in [-0.2, 0) is 17.8 Å². The molecule has 4 rings (SSSR count). The zero-order valence-corrected chi connectivity index (χ0v) is 13.9. The van der Waals surface area contributed by atoms with Crippen molar-refractivity contribution in [2.45, 2.75) is 44.7 Å². The lowest BCUT2D eigenvalue weighted by Gasteiger charge is -2.24. The highest BCUT2D eigenvalue weighted by atomic mass is 35.5. The van der Waals surface area contributed by atoms with Gasteiger partial charge in [0.05, 0.1) is 5.69 Å². The van der Waals surface area contributed by atoms with Gasteiger partial charge in [0.1, 0.15) is 5.82 Å². The third kappa shape index (κ3) is 2.88. The minimum atomic E-state index is 0.0702. The van der Waals surface area contributed by atoms with E-state index in [-0.39, 0.29) is 23.8 Å². The van der Waals surface area contributed by atoms with Crippen molar-refractivity contribution in [1.29, 1.82) is 0 Å². The lowest BCUT2D eigenvalue weighted by atomic mass is 10.1. The fourth-order valence-corrected chi connectivity index (χ4v) is 3.89. The Labute approximate surface area is 140 Å². The number of nitrogens with zero attached hydrogens (tertiary/aromatic N) is 2. The molecular formula is C18H20ClN3O. The van der Waals surface area contributed by atoms with Crippen LogP contribution < -0.4 is 5.32 Å². The Morgan fingerprint density at radius 1 is 1.39 bits per heavy atom. The molecule has 0 bridgehead atoms. The number of amides is 1. The van der Waals surface area contributed by atoms with Crippen LogP contribution in [0.2, 0.25) is 5.02 Å². The standard InChI is InChI=1S/C18H20ClN3O/c1-11-9-22-10-12(6-7-17(22)20-11)21-18(23)15-8-14(15)13-4-2-3-5-16(13)19/h2-5,9,12,14-15H,6-8,10H2,1H3,(H,21,23). The summed E-state index contributed by atoms with van der Waals surface area (Å²) in [4.78, 5) is 17.0. The van der Waals surface area contributed by atoms with Crippen LogP contribution in [0.3, 0.4) is 0 Å². The van der Waals surface area contributed by atoms with Gasteiger partial charge in [0.2, 0.25) is 5.91 Å². The third-order valence-electron chi connectivity index (χ3n) is 4.89. The number of nitrogens with one attached hydrogen (secondary N) is 1. The Balaban J connectivity index is 1.38. The van der Waals surface area contributed by atoms with Crippen molar-refractivity contribution in [3.05, 3.63) is 52.6 Å². The van der Waals surface area contributed by atoms with E-state index in [4.69, 9.17) is 11.6 Å². The van der Waals surface area contributed by atoms with Gasteiger partial charge in [-0.25, -0.2) is 4.98 Å². The maximum Gasteiger partial charge on any atom is 0.224 e. The molecule has 1 N–H and O–H groups in total. The molecular weight excluding hydrogens is 310 g/mol. The summed E-state index contributed by atoms with van der Waals surface area (Å²) in [6.07, 6.45) is 4.86. The second-order valence-corrected chi connectivity index (χ2v) is 7.07. The van der Waals surface area contributed by atoms with Gasteiger partial charge in [-0.05, 0) is 37.3 Å². The summed E-state index contributed by atoms with van der Waals surface area (Å²) in [6, 6.07) is 8.04. The van der Waals surface area contributed by atoms with E-state index in [0.717, 1.165) is 47.9 Å². The van der Waals surface area contributed by atoms with E-state index in [9.17, 15) is 4.79 Å². The van der Waals surface area contributed by atoms with Crippen LogP contribution in [0, 0.1) is 12.8 Å². The molecule has 5 heteroatoms. The summed E-state index contributed by atoms with van der Waals surface area (Å²) in [5.74, 6) is 1.65. The number of carbonyl (C=O) groups is 1. The van der Waals surface area contributed by atoms with E-state index < -0.39 is 0 Å². The minimum Gasteiger partial charge on any atom is -0.351 e. The highest BCUT2D eigenvalue weighted by Gasteiger charge is 2.45. The van der Waals surface area contributed by atoms with Crippen LogP contribution in [0.4, 0.5) is 0 Å². The molecule has 1 fully saturated rings. The van der Waals surface area contributed by atoms with E-state index in [1.54, 1.807) is 0 Å². The van der Waals surface area contributed by atoms with Crippen molar-refractivity contribution in [1.82, 2.24) is 14.9 Å². The molecule has 1 aliphatic carbocycles. The highest BCUT2D eigenvalue weighted by molar-refractivity contribution is 6.31. The topological polar surface area (TPSA) is 46.9 Å². The number of rotatable bonds is 3. The fraction of sp³-hybridized carbons (Fsp3) is 0.444. The predicted octanol–water partition coefficient (Wildman–Crippen LogP) is 3.08. The van der Waals surface area contributed by atoms with Crippen molar-refractivity contribution in [2.24, 2.45) is 5.92 Å². The molecule has 1 saturated carbocycles. The Morgan fingerprint density at radius 2 is 2.22 bits per heavy atom. The molecule has 1 amide bonds. The summed E-state index contributed by atoms with van der Waals surface area (Å²) >= 11 is 6.24. The molecule has 23 heavy (non-hydrogen) atoms. The molecule has 0 spiro atoms. The largest absolute Gasteiger partial charge is 0.351 e. The van der Waals surface area contributed by atoms with Crippen LogP contribution in [-0.4, -0.2) is 21.5 Å². The Bertz CT molecular complexity index is 754. The van der Waals surface area contributed by atoms with Gasteiger partial charge in [-0.15, -0.1) is 0 Å². The number of fused-ring (bicyclic) bond motifs is 1. The van der Waals surface area contributed by atoms with Gasteiger partial charge in [0, 0.05) is 36.1 Å². The molecule has 2 aliphatic rings. The maximum atomic E-state index is 12.5. The second kappa shape index (κ2) is 5.68. The number of aromatic nitrogens is 2. The summed E-state index contributed by atoms with van der Waals surface area (Å²) < 4.78 is 2.17. The van der Waals surface area contributed by atoms with Crippen LogP contribution in [0.25, 0.3) is 0 Å². The first-order valence-electron chi connectivity index (χ1n) is 8.19. The molecule has 120 valence electrons. The van der Waals surface area contributed by atoms with E-state index in [0.29, 0.717) is 0 Å². The van der Waals surface area contributed by atoms with E-state index >= 15 is 0 Å². The normalized spacial score (nSPS) is 25.7. The van der Waals surface area contributed by atoms with Gasteiger partial charge in [-0.3, -0.25) is 4.79 Å². The Hall–Kier alpha value is -1.81. The first-order chi connectivity index (χ1) is 11.1. The van der Waals surface area contributed by atoms with E-state index in [1.807, 2.05) is 31.2 Å². The van der Waals surface area contributed by atoms with Crippen molar-refractivity contribution in [3.63, 3.8) is 0 Å². The van der Waals surface area contributed by atoms with Crippen molar-refractivity contribution >= 4 is 17.5 Å². The summed E-state index contributed by atoms with van der Waals surface area (Å²) in [7, 11) is 0. The lowest BCUT2D eigenvalue weighted by molar-refractivity contribution is -0.123. The zero-order chi connectivity index (χ0) is 16.0.